The average Bonchev–Trinajstić information content (AvgIpc) is 3.13. The van der Waals surface area contributed by atoms with Gasteiger partial charge in [0.05, 0.1) is 11.8 Å². The van der Waals surface area contributed by atoms with Gasteiger partial charge in [0.2, 0.25) is 0 Å². The smallest absolute Gasteiger partial charge is 0.407 e. The van der Waals surface area contributed by atoms with E-state index >= 15 is 0 Å². The van der Waals surface area contributed by atoms with Crippen LogP contribution < -0.4 is 11.1 Å². The summed E-state index contributed by atoms with van der Waals surface area (Å²) in [6.45, 7) is 0.210. The highest BCUT2D eigenvalue weighted by Crippen LogP contribution is 2.44. The van der Waals surface area contributed by atoms with E-state index in [1.54, 1.807) is 0 Å². The van der Waals surface area contributed by atoms with Crippen molar-refractivity contribution in [3.05, 3.63) is 88.2 Å². The summed E-state index contributed by atoms with van der Waals surface area (Å²) in [6, 6.07) is 18.4. The summed E-state index contributed by atoms with van der Waals surface area (Å²) in [5.41, 5.74) is 9.84. The van der Waals surface area contributed by atoms with Crippen molar-refractivity contribution in [1.29, 1.82) is 0 Å². The number of nitrogens with two attached hydrogens (primary N) is 1. The van der Waals surface area contributed by atoms with E-state index in [1.807, 2.05) is 36.4 Å². The molecule has 33 heavy (non-hydrogen) atoms. The topological polar surface area (TPSA) is 105 Å². The second-order valence-electron chi connectivity index (χ2n) is 7.94. The molecule has 0 spiro atoms. The number of hydrogen-bond acceptors (Lipinski definition) is 5. The summed E-state index contributed by atoms with van der Waals surface area (Å²) >= 11 is 5.81. The maximum Gasteiger partial charge on any atom is 0.407 e. The first-order chi connectivity index (χ1) is 15.9. The quantitative estimate of drug-likeness (QED) is 0.383. The number of alkyl carbamates (subject to hydrolysis) is 1. The van der Waals surface area contributed by atoms with Crippen LogP contribution in [0.4, 0.5) is 14.9 Å². The van der Waals surface area contributed by atoms with Crippen LogP contribution in [0.1, 0.15) is 35.1 Å². The minimum absolute atomic E-state index is 0.00106. The number of nitrogens with one attached hydrogen (secondary N) is 1. The van der Waals surface area contributed by atoms with E-state index in [0.29, 0.717) is 0 Å². The molecule has 4 rings (SSSR count). The zero-order valence-electron chi connectivity index (χ0n) is 17.7. The summed E-state index contributed by atoms with van der Waals surface area (Å²) in [5.74, 6) is -0.836. The average molecular weight is 471 g/mol. The molecule has 3 aromatic carbocycles. The minimum atomic E-state index is -1.46. The molecule has 0 aliphatic heterocycles. The van der Waals surface area contributed by atoms with Gasteiger partial charge in [0.15, 0.2) is 0 Å². The Balaban J connectivity index is 1.30. The van der Waals surface area contributed by atoms with Gasteiger partial charge in [0.1, 0.15) is 18.5 Å². The Kier molecular flexibility index (Phi) is 6.83. The van der Waals surface area contributed by atoms with Crippen LogP contribution in [0.25, 0.3) is 11.1 Å². The number of ether oxygens (including phenoxy) is 1. The molecule has 0 radical (unpaired) electrons. The van der Waals surface area contributed by atoms with Crippen LogP contribution in [-0.2, 0) is 4.74 Å². The summed E-state index contributed by atoms with van der Waals surface area (Å²) in [6.07, 6.45) is -3.38. The van der Waals surface area contributed by atoms with Crippen molar-refractivity contribution in [3.8, 4) is 11.1 Å². The highest BCUT2D eigenvalue weighted by molar-refractivity contribution is 6.30. The monoisotopic (exact) mass is 470 g/mol. The van der Waals surface area contributed by atoms with Crippen molar-refractivity contribution in [3.63, 3.8) is 0 Å². The molecule has 1 aliphatic carbocycles. The normalized spacial score (nSPS) is 14.3. The number of amides is 1. The summed E-state index contributed by atoms with van der Waals surface area (Å²) in [4.78, 5) is 12.2. The van der Waals surface area contributed by atoms with Gasteiger partial charge in [-0.15, -0.1) is 0 Å². The molecule has 2 unspecified atom stereocenters. The zero-order valence-corrected chi connectivity index (χ0v) is 18.4. The third kappa shape index (κ3) is 4.80. The Morgan fingerprint density at radius 1 is 1.09 bits per heavy atom. The molecular weight excluding hydrogens is 447 g/mol. The first-order valence-electron chi connectivity index (χ1n) is 10.6. The van der Waals surface area contributed by atoms with E-state index in [4.69, 9.17) is 22.1 Å². The minimum Gasteiger partial charge on any atom is -0.449 e. The first kappa shape index (κ1) is 23.0. The van der Waals surface area contributed by atoms with Crippen molar-refractivity contribution in [1.82, 2.24) is 5.32 Å². The number of nitrogen functional groups attached to an aromatic ring is 1. The molecule has 0 bridgehead atoms. The lowest BCUT2D eigenvalue weighted by Gasteiger charge is -2.20. The van der Waals surface area contributed by atoms with E-state index in [9.17, 15) is 19.4 Å². The highest BCUT2D eigenvalue weighted by atomic mass is 35.5. The fourth-order valence-electron chi connectivity index (χ4n) is 4.19. The fraction of sp³-hybridized carbons (Fsp3) is 0.240. The number of carbonyl (C=O) groups is 1. The number of carbonyl (C=O) groups excluding carboxylic acids is 1. The lowest BCUT2D eigenvalue weighted by Crippen LogP contribution is -2.31. The fourth-order valence-corrected chi connectivity index (χ4v) is 4.40. The molecule has 1 aliphatic rings. The standard InChI is InChI=1S/C25H24ClFN2O4/c26-14-11-19(23(28)21(27)12-14)24(31)22(30)9-10-29-25(32)33-13-20-17-7-3-1-5-15(17)16-6-2-4-8-18(16)20/h1-8,11-12,20,22,24,30-31H,9-10,13,28H2,(H,29,32). The van der Waals surface area contributed by atoms with Gasteiger partial charge in [-0.2, -0.15) is 0 Å². The van der Waals surface area contributed by atoms with E-state index in [-0.39, 0.29) is 41.8 Å². The molecule has 3 aromatic rings. The number of benzene rings is 3. The molecule has 0 aromatic heterocycles. The Morgan fingerprint density at radius 3 is 2.33 bits per heavy atom. The van der Waals surface area contributed by atoms with Crippen LogP contribution in [0, 0.1) is 5.82 Å². The van der Waals surface area contributed by atoms with E-state index in [2.05, 4.69) is 17.4 Å². The van der Waals surface area contributed by atoms with Crippen molar-refractivity contribution in [2.45, 2.75) is 24.5 Å². The van der Waals surface area contributed by atoms with Gasteiger partial charge in [0.25, 0.3) is 0 Å². The Bertz CT molecular complexity index is 1130. The Morgan fingerprint density at radius 2 is 1.70 bits per heavy atom. The Hall–Kier alpha value is -3.13. The molecule has 6 nitrogen and oxygen atoms in total. The molecule has 172 valence electrons. The lowest BCUT2D eigenvalue weighted by molar-refractivity contribution is 0.0140. The molecule has 5 N–H and O–H groups in total. The van der Waals surface area contributed by atoms with Gasteiger partial charge in [-0.1, -0.05) is 60.1 Å². The van der Waals surface area contributed by atoms with Crippen LogP contribution in [0.15, 0.2) is 60.7 Å². The first-order valence-corrected chi connectivity index (χ1v) is 10.9. The second-order valence-corrected chi connectivity index (χ2v) is 8.38. The molecule has 0 saturated heterocycles. The Labute approximate surface area is 195 Å². The molecule has 0 heterocycles. The maximum absolute atomic E-state index is 13.7. The van der Waals surface area contributed by atoms with Gasteiger partial charge >= 0.3 is 6.09 Å². The second kappa shape index (κ2) is 9.79. The molecular formula is C25H24ClFN2O4. The molecule has 0 saturated carbocycles. The van der Waals surface area contributed by atoms with Crippen LogP contribution in [-0.4, -0.2) is 35.6 Å². The number of anilines is 1. The van der Waals surface area contributed by atoms with Gasteiger partial charge in [-0.25, -0.2) is 9.18 Å². The number of fused-ring (bicyclic) bond motifs is 3. The summed E-state index contributed by atoms with van der Waals surface area (Å²) in [5, 5.41) is 23.2. The van der Waals surface area contributed by atoms with Crippen LogP contribution >= 0.6 is 11.6 Å². The van der Waals surface area contributed by atoms with Crippen LogP contribution in [0.3, 0.4) is 0 Å². The van der Waals surface area contributed by atoms with Gasteiger partial charge in [0, 0.05) is 23.0 Å². The van der Waals surface area contributed by atoms with Crippen LogP contribution in [0.5, 0.6) is 0 Å². The summed E-state index contributed by atoms with van der Waals surface area (Å²) in [7, 11) is 0. The van der Waals surface area contributed by atoms with E-state index < -0.39 is 24.1 Å². The molecule has 1 amide bonds. The van der Waals surface area contributed by atoms with Crippen molar-refractivity contribution >= 4 is 23.4 Å². The molecule has 2 atom stereocenters. The third-order valence-electron chi connectivity index (χ3n) is 5.86. The predicted octanol–water partition coefficient (Wildman–Crippen LogP) is 4.38. The highest BCUT2D eigenvalue weighted by Gasteiger charge is 2.29. The molecule has 0 fully saturated rings. The number of rotatable bonds is 7. The van der Waals surface area contributed by atoms with Gasteiger partial charge in [-0.3, -0.25) is 0 Å². The van der Waals surface area contributed by atoms with Crippen LogP contribution in [0.2, 0.25) is 5.02 Å². The number of aliphatic hydroxyl groups is 2. The lowest BCUT2D eigenvalue weighted by atomic mass is 9.98. The van der Waals surface area contributed by atoms with Crippen molar-refractivity contribution in [2.75, 3.05) is 18.9 Å². The third-order valence-corrected chi connectivity index (χ3v) is 6.08. The SMILES string of the molecule is Nc1c(F)cc(Cl)cc1C(O)C(O)CCNC(=O)OCC1c2ccccc2-c2ccccc21. The largest absolute Gasteiger partial charge is 0.449 e. The molecule has 8 heteroatoms. The summed E-state index contributed by atoms with van der Waals surface area (Å²) < 4.78 is 19.2. The zero-order chi connectivity index (χ0) is 23.5. The van der Waals surface area contributed by atoms with E-state index in [1.165, 1.54) is 6.07 Å². The number of halogens is 2. The number of hydrogen-bond donors (Lipinski definition) is 4. The number of aliphatic hydroxyl groups excluding tert-OH is 2. The predicted molar refractivity (Wildman–Crippen MR) is 124 cm³/mol. The van der Waals surface area contributed by atoms with Crippen molar-refractivity contribution in [2.24, 2.45) is 0 Å². The van der Waals surface area contributed by atoms with Gasteiger partial charge < -0.3 is 26.0 Å². The van der Waals surface area contributed by atoms with Crippen molar-refractivity contribution < 1.29 is 24.1 Å². The van der Waals surface area contributed by atoms with Gasteiger partial charge in [-0.05, 0) is 40.8 Å². The van der Waals surface area contributed by atoms with E-state index in [0.717, 1.165) is 28.3 Å². The maximum atomic E-state index is 13.7.